The maximum Gasteiger partial charge on any atom is 0.198 e. The van der Waals surface area contributed by atoms with Gasteiger partial charge in [0, 0.05) is 27.9 Å². The van der Waals surface area contributed by atoms with Crippen molar-refractivity contribution in [1.82, 2.24) is 4.98 Å². The zero-order valence-corrected chi connectivity index (χ0v) is 21.0. The van der Waals surface area contributed by atoms with Crippen molar-refractivity contribution in [2.24, 2.45) is 0 Å². The molecule has 1 aliphatic carbocycles. The van der Waals surface area contributed by atoms with Gasteiger partial charge in [0.05, 0.1) is 5.57 Å². The molecular weight excluding hydrogens is 488 g/mol. The van der Waals surface area contributed by atoms with Crippen LogP contribution in [-0.4, -0.2) is 16.6 Å². The highest BCUT2D eigenvalue weighted by Crippen LogP contribution is 2.40. The molecule has 0 atom stereocenters. The van der Waals surface area contributed by atoms with Gasteiger partial charge in [-0.05, 0) is 70.1 Å². The van der Waals surface area contributed by atoms with Gasteiger partial charge in [-0.25, -0.2) is 4.98 Å². The molecule has 0 fully saturated rings. The third kappa shape index (κ3) is 3.64. The highest BCUT2D eigenvalue weighted by molar-refractivity contribution is 7.17. The summed E-state index contributed by atoms with van der Waals surface area (Å²) in [6, 6.07) is 35.7. The molecule has 2 aromatic heterocycles. The first-order valence-electron chi connectivity index (χ1n) is 12.3. The van der Waals surface area contributed by atoms with Crippen LogP contribution in [0.5, 0.6) is 0 Å². The second-order valence-corrected chi connectivity index (χ2v) is 10.3. The molecule has 0 aliphatic heterocycles. The maximum atomic E-state index is 13.4. The number of Topliss-reactive ketones (excluding diaryl/α,β-unsaturated/α-hetero) is 2. The maximum absolute atomic E-state index is 13.4. The number of thiophene rings is 1. The summed E-state index contributed by atoms with van der Waals surface area (Å²) in [5, 5.41) is 5.01. The van der Waals surface area contributed by atoms with Crippen molar-refractivity contribution < 1.29 is 9.59 Å². The third-order valence-electron chi connectivity index (χ3n) is 6.88. The van der Waals surface area contributed by atoms with E-state index in [2.05, 4.69) is 40.2 Å². The van der Waals surface area contributed by atoms with Crippen LogP contribution in [0.4, 0.5) is 16.5 Å². The van der Waals surface area contributed by atoms with Gasteiger partial charge in [0.25, 0.3) is 0 Å². The second-order valence-electron chi connectivity index (χ2n) is 9.16. The normalized spacial score (nSPS) is 13.9. The van der Waals surface area contributed by atoms with Gasteiger partial charge in [0.2, 0.25) is 0 Å². The molecule has 7 rings (SSSR count). The van der Waals surface area contributed by atoms with Crippen molar-refractivity contribution in [1.29, 1.82) is 0 Å². The summed E-state index contributed by atoms with van der Waals surface area (Å²) in [6.07, 6.45) is 3.50. The Morgan fingerprint density at radius 2 is 1.45 bits per heavy atom. The van der Waals surface area contributed by atoms with Crippen molar-refractivity contribution in [3.05, 3.63) is 137 Å². The van der Waals surface area contributed by atoms with Gasteiger partial charge >= 0.3 is 0 Å². The molecule has 0 spiro atoms. The number of pyridine rings is 1. The predicted octanol–water partition coefficient (Wildman–Crippen LogP) is 8.38. The summed E-state index contributed by atoms with van der Waals surface area (Å²) in [6.45, 7) is 0. The van der Waals surface area contributed by atoms with Crippen molar-refractivity contribution in [2.45, 2.75) is 0 Å². The summed E-state index contributed by atoms with van der Waals surface area (Å²) < 4.78 is 0. The fourth-order valence-corrected chi connectivity index (χ4v) is 6.06. The van der Waals surface area contributed by atoms with E-state index < -0.39 is 0 Å². The number of allylic oxidation sites excluding steroid dienone is 1. The molecule has 38 heavy (non-hydrogen) atoms. The van der Waals surface area contributed by atoms with Gasteiger partial charge < -0.3 is 0 Å². The molecular formula is C33H20N2O2S. The molecule has 0 radical (unpaired) electrons. The molecule has 0 bridgehead atoms. The minimum atomic E-state index is -0.221. The molecule has 0 saturated heterocycles. The monoisotopic (exact) mass is 508 g/mol. The number of hydrogen-bond acceptors (Lipinski definition) is 5. The number of carbonyl (C=O) groups is 2. The lowest BCUT2D eigenvalue weighted by Crippen LogP contribution is -2.09. The van der Waals surface area contributed by atoms with Crippen LogP contribution in [0.1, 0.15) is 25.6 Å². The second kappa shape index (κ2) is 8.91. The Labute approximate surface area is 223 Å². The van der Waals surface area contributed by atoms with Crippen molar-refractivity contribution in [3.8, 4) is 0 Å². The van der Waals surface area contributed by atoms with Gasteiger partial charge in [-0.15, -0.1) is 11.3 Å². The van der Waals surface area contributed by atoms with Crippen molar-refractivity contribution in [2.75, 3.05) is 4.90 Å². The number of ketones is 2. The topological polar surface area (TPSA) is 50.3 Å². The number of anilines is 3. The molecule has 4 aromatic carbocycles. The number of carbonyl (C=O) groups excluding carboxylic acids is 2. The zero-order valence-electron chi connectivity index (χ0n) is 20.2. The summed E-state index contributed by atoms with van der Waals surface area (Å²) in [5.41, 5.74) is 2.17. The van der Waals surface area contributed by atoms with Crippen LogP contribution in [0.3, 0.4) is 0 Å². The van der Waals surface area contributed by atoms with E-state index in [9.17, 15) is 9.59 Å². The molecule has 5 heteroatoms. The van der Waals surface area contributed by atoms with Crippen LogP contribution in [0, 0.1) is 0 Å². The number of aromatic nitrogens is 1. The molecule has 6 aromatic rings. The van der Waals surface area contributed by atoms with E-state index in [4.69, 9.17) is 0 Å². The summed E-state index contributed by atoms with van der Waals surface area (Å²) in [4.78, 5) is 34.2. The minimum Gasteiger partial charge on any atom is -0.288 e. The third-order valence-corrected chi connectivity index (χ3v) is 7.90. The van der Waals surface area contributed by atoms with Gasteiger partial charge in [0.15, 0.2) is 11.6 Å². The Bertz CT molecular complexity index is 1920. The Kier molecular flexibility index (Phi) is 5.23. The highest BCUT2D eigenvalue weighted by atomic mass is 32.1. The molecule has 1 aliphatic rings. The number of nitrogens with zero attached hydrogens (tertiary/aromatic N) is 2. The number of benzene rings is 4. The Balaban J connectivity index is 1.30. The molecule has 2 heterocycles. The van der Waals surface area contributed by atoms with Gasteiger partial charge in [0.1, 0.15) is 10.8 Å². The predicted molar refractivity (Wildman–Crippen MR) is 155 cm³/mol. The Hall–Kier alpha value is -4.87. The van der Waals surface area contributed by atoms with E-state index in [1.807, 2.05) is 72.8 Å². The van der Waals surface area contributed by atoms with E-state index in [-0.39, 0.29) is 17.1 Å². The number of fused-ring (bicyclic) bond motifs is 4. The van der Waals surface area contributed by atoms with Gasteiger partial charge in [-0.1, -0.05) is 66.7 Å². The average Bonchev–Trinajstić information content (AvgIpc) is 3.52. The molecule has 0 N–H and O–H groups in total. The van der Waals surface area contributed by atoms with Crippen LogP contribution in [0.15, 0.2) is 121 Å². The van der Waals surface area contributed by atoms with Crippen LogP contribution >= 0.6 is 11.3 Å². The number of rotatable bonds is 4. The fraction of sp³-hybridized carbons (Fsp3) is 0. The van der Waals surface area contributed by atoms with Crippen molar-refractivity contribution in [3.63, 3.8) is 0 Å². The standard InChI is InChI=1S/C33H20N2O2S/c36-32-27-16-13-22-8-3-4-10-26(22)31(27)33(37)28(32)20-25-15-17-30(38-25)35(29-11-5-6-18-34-29)24-14-12-21-7-1-2-9-23(21)19-24/h1-20H/b28-20+. The highest BCUT2D eigenvalue weighted by Gasteiger charge is 2.34. The summed E-state index contributed by atoms with van der Waals surface area (Å²) in [7, 11) is 0. The van der Waals surface area contributed by atoms with Gasteiger partial charge in [-0.3, -0.25) is 14.5 Å². The van der Waals surface area contributed by atoms with E-state index in [1.165, 1.54) is 16.7 Å². The molecule has 0 amide bonds. The molecule has 0 unspecified atom stereocenters. The lowest BCUT2D eigenvalue weighted by molar-refractivity contribution is 0.0991. The lowest BCUT2D eigenvalue weighted by atomic mass is 10.0. The molecule has 0 saturated carbocycles. The van der Waals surface area contributed by atoms with Crippen LogP contribution < -0.4 is 4.90 Å². The summed E-state index contributed by atoms with van der Waals surface area (Å²) >= 11 is 1.51. The fourth-order valence-electron chi connectivity index (χ4n) is 5.08. The van der Waals surface area contributed by atoms with E-state index in [0.29, 0.717) is 11.1 Å². The first-order chi connectivity index (χ1) is 18.7. The number of hydrogen-bond donors (Lipinski definition) is 0. The van der Waals surface area contributed by atoms with Gasteiger partial charge in [-0.2, -0.15) is 0 Å². The average molecular weight is 509 g/mol. The quantitative estimate of drug-likeness (QED) is 0.177. The Morgan fingerprint density at radius 1 is 0.684 bits per heavy atom. The lowest BCUT2D eigenvalue weighted by Gasteiger charge is -2.22. The van der Waals surface area contributed by atoms with E-state index in [0.717, 1.165) is 37.5 Å². The molecule has 4 nitrogen and oxygen atoms in total. The van der Waals surface area contributed by atoms with Crippen molar-refractivity contribution >= 4 is 67.0 Å². The van der Waals surface area contributed by atoms with E-state index >= 15 is 0 Å². The molecule has 180 valence electrons. The van der Waals surface area contributed by atoms with Crippen LogP contribution in [-0.2, 0) is 0 Å². The van der Waals surface area contributed by atoms with Crippen LogP contribution in [0.2, 0.25) is 0 Å². The summed E-state index contributed by atoms with van der Waals surface area (Å²) in [5.74, 6) is 0.352. The van der Waals surface area contributed by atoms with E-state index in [1.54, 1.807) is 18.3 Å². The van der Waals surface area contributed by atoms with Crippen LogP contribution in [0.25, 0.3) is 27.6 Å². The first-order valence-corrected chi connectivity index (χ1v) is 13.1. The largest absolute Gasteiger partial charge is 0.288 e. The first kappa shape index (κ1) is 22.3. The smallest absolute Gasteiger partial charge is 0.198 e. The minimum absolute atomic E-state index is 0.208. The Morgan fingerprint density at radius 3 is 2.29 bits per heavy atom. The SMILES string of the molecule is O=C1/C(=C\c2ccc(N(c3ccc4ccccc4c3)c3ccccn3)s2)C(=O)c2c1ccc1ccccc21. The zero-order chi connectivity index (χ0) is 25.6.